The van der Waals surface area contributed by atoms with Gasteiger partial charge in [-0.2, -0.15) is 0 Å². The smallest absolute Gasteiger partial charge is 0.312 e. The number of anilines is 2. The first-order chi connectivity index (χ1) is 10.6. The highest BCUT2D eigenvalue weighted by Crippen LogP contribution is 2.28. The highest BCUT2D eigenvalue weighted by atomic mass is 79.9. The van der Waals surface area contributed by atoms with Crippen LogP contribution in [-0.4, -0.2) is 16.5 Å². The fourth-order valence-corrected chi connectivity index (χ4v) is 2.09. The second kappa shape index (κ2) is 7.74. The van der Waals surface area contributed by atoms with Crippen molar-refractivity contribution in [2.75, 3.05) is 11.9 Å². The highest BCUT2D eigenvalue weighted by molar-refractivity contribution is 9.10. The van der Waals surface area contributed by atoms with E-state index in [0.717, 1.165) is 18.6 Å². The molecule has 0 spiro atoms. The largest absolute Gasteiger partial charge is 0.494 e. The van der Waals surface area contributed by atoms with Crippen molar-refractivity contribution >= 4 is 33.1 Å². The third-order valence-electron chi connectivity index (χ3n) is 2.91. The summed E-state index contributed by atoms with van der Waals surface area (Å²) >= 11 is 3.18. The first-order valence-electron chi connectivity index (χ1n) is 6.90. The van der Waals surface area contributed by atoms with Crippen LogP contribution in [0.5, 0.6) is 5.75 Å². The SMILES string of the molecule is CCCCOc1ccc(Nc2ncc(Br)cc2[N+](=O)[O-])cc1. The van der Waals surface area contributed by atoms with Crippen LogP contribution in [0.4, 0.5) is 17.2 Å². The Morgan fingerprint density at radius 3 is 2.73 bits per heavy atom. The maximum absolute atomic E-state index is 11.0. The van der Waals surface area contributed by atoms with E-state index in [-0.39, 0.29) is 11.5 Å². The van der Waals surface area contributed by atoms with Gasteiger partial charge in [0.2, 0.25) is 5.82 Å². The second-order valence-electron chi connectivity index (χ2n) is 4.63. The van der Waals surface area contributed by atoms with Gasteiger partial charge in [-0.15, -0.1) is 0 Å². The van der Waals surface area contributed by atoms with Gasteiger partial charge in [0.05, 0.1) is 11.5 Å². The Morgan fingerprint density at radius 1 is 1.36 bits per heavy atom. The Kier molecular flexibility index (Phi) is 5.71. The van der Waals surface area contributed by atoms with Gasteiger partial charge in [-0.3, -0.25) is 10.1 Å². The van der Waals surface area contributed by atoms with Crippen molar-refractivity contribution in [3.8, 4) is 5.75 Å². The Morgan fingerprint density at radius 2 is 2.09 bits per heavy atom. The standard InChI is InChI=1S/C15H16BrN3O3/c1-2-3-8-22-13-6-4-12(5-7-13)18-15-14(19(20)21)9-11(16)10-17-15/h4-7,9-10H,2-3,8H2,1H3,(H,17,18). The molecule has 0 aliphatic carbocycles. The predicted octanol–water partition coefficient (Wildman–Crippen LogP) is 4.67. The molecule has 2 rings (SSSR count). The molecule has 1 N–H and O–H groups in total. The van der Waals surface area contributed by atoms with Crippen LogP contribution < -0.4 is 10.1 Å². The summed E-state index contributed by atoms with van der Waals surface area (Å²) in [6, 6.07) is 8.66. The maximum atomic E-state index is 11.0. The van der Waals surface area contributed by atoms with Crippen LogP contribution in [-0.2, 0) is 0 Å². The van der Waals surface area contributed by atoms with Crippen molar-refractivity contribution in [3.05, 3.63) is 51.1 Å². The molecule has 2 aromatic rings. The van der Waals surface area contributed by atoms with Gasteiger partial charge in [0.1, 0.15) is 5.75 Å². The molecule has 0 saturated carbocycles. The minimum absolute atomic E-state index is 0.0855. The number of nitrogens with zero attached hydrogens (tertiary/aromatic N) is 2. The number of halogens is 1. The van der Waals surface area contributed by atoms with Crippen LogP contribution >= 0.6 is 15.9 Å². The van der Waals surface area contributed by atoms with Crippen molar-refractivity contribution in [2.24, 2.45) is 0 Å². The number of hydrogen-bond donors (Lipinski definition) is 1. The fourth-order valence-electron chi connectivity index (χ4n) is 1.77. The number of pyridine rings is 1. The van der Waals surface area contributed by atoms with E-state index in [1.165, 1.54) is 12.3 Å². The van der Waals surface area contributed by atoms with Crippen LogP contribution in [0, 0.1) is 10.1 Å². The molecule has 0 aliphatic heterocycles. The summed E-state index contributed by atoms with van der Waals surface area (Å²) in [5.74, 6) is 0.977. The minimum atomic E-state index is -0.470. The fraction of sp³-hybridized carbons (Fsp3) is 0.267. The number of rotatable bonds is 7. The van der Waals surface area contributed by atoms with E-state index in [1.807, 2.05) is 12.1 Å². The minimum Gasteiger partial charge on any atom is -0.494 e. The van der Waals surface area contributed by atoms with E-state index in [4.69, 9.17) is 4.74 Å². The number of ether oxygens (including phenoxy) is 1. The summed E-state index contributed by atoms with van der Waals surface area (Å²) in [6.45, 7) is 2.79. The van der Waals surface area contributed by atoms with E-state index in [1.54, 1.807) is 12.1 Å². The summed E-state index contributed by atoms with van der Waals surface area (Å²) < 4.78 is 6.13. The van der Waals surface area contributed by atoms with Crippen LogP contribution in [0.1, 0.15) is 19.8 Å². The lowest BCUT2D eigenvalue weighted by atomic mass is 10.3. The highest BCUT2D eigenvalue weighted by Gasteiger charge is 2.16. The van der Waals surface area contributed by atoms with Crippen molar-refractivity contribution in [1.82, 2.24) is 4.98 Å². The summed E-state index contributed by atoms with van der Waals surface area (Å²) in [4.78, 5) is 14.6. The van der Waals surface area contributed by atoms with Crippen LogP contribution in [0.15, 0.2) is 41.0 Å². The Bertz CT molecular complexity index is 647. The van der Waals surface area contributed by atoms with Gasteiger partial charge >= 0.3 is 5.69 Å². The van der Waals surface area contributed by atoms with Gasteiger partial charge in [0.25, 0.3) is 0 Å². The second-order valence-corrected chi connectivity index (χ2v) is 5.55. The molecule has 1 heterocycles. The van der Waals surface area contributed by atoms with Crippen molar-refractivity contribution < 1.29 is 9.66 Å². The normalized spacial score (nSPS) is 10.3. The van der Waals surface area contributed by atoms with E-state index in [9.17, 15) is 10.1 Å². The van der Waals surface area contributed by atoms with Crippen LogP contribution in [0.2, 0.25) is 0 Å². The summed E-state index contributed by atoms with van der Waals surface area (Å²) in [7, 11) is 0. The Balaban J connectivity index is 2.09. The molecule has 22 heavy (non-hydrogen) atoms. The number of nitro groups is 1. The average molecular weight is 366 g/mol. The van der Waals surface area contributed by atoms with Gasteiger partial charge in [-0.05, 0) is 46.6 Å². The van der Waals surface area contributed by atoms with E-state index in [0.29, 0.717) is 16.8 Å². The lowest BCUT2D eigenvalue weighted by molar-refractivity contribution is -0.384. The predicted molar refractivity (Wildman–Crippen MR) is 88.7 cm³/mol. The molecule has 0 amide bonds. The van der Waals surface area contributed by atoms with Crippen LogP contribution in [0.25, 0.3) is 0 Å². The molecule has 116 valence electrons. The lowest BCUT2D eigenvalue weighted by Gasteiger charge is -2.08. The lowest BCUT2D eigenvalue weighted by Crippen LogP contribution is -2.00. The van der Waals surface area contributed by atoms with Gasteiger partial charge < -0.3 is 10.1 Å². The molecule has 6 nitrogen and oxygen atoms in total. The average Bonchev–Trinajstić information content (AvgIpc) is 2.51. The zero-order valence-corrected chi connectivity index (χ0v) is 13.7. The van der Waals surface area contributed by atoms with Crippen molar-refractivity contribution in [1.29, 1.82) is 0 Å². The molecule has 0 saturated heterocycles. The third-order valence-corrected chi connectivity index (χ3v) is 3.35. The van der Waals surface area contributed by atoms with E-state index in [2.05, 4.69) is 33.2 Å². The van der Waals surface area contributed by atoms with Crippen molar-refractivity contribution in [2.45, 2.75) is 19.8 Å². The van der Waals surface area contributed by atoms with Gasteiger partial charge in [-0.1, -0.05) is 13.3 Å². The summed E-state index contributed by atoms with van der Waals surface area (Å²) in [5.41, 5.74) is 0.624. The quantitative estimate of drug-likeness (QED) is 0.438. The third kappa shape index (κ3) is 4.42. The molecule has 1 aromatic heterocycles. The first-order valence-corrected chi connectivity index (χ1v) is 7.69. The Labute approximate surface area is 136 Å². The number of benzene rings is 1. The summed E-state index contributed by atoms with van der Waals surface area (Å²) in [6.07, 6.45) is 3.60. The molecule has 0 atom stereocenters. The van der Waals surface area contributed by atoms with Gasteiger partial charge in [-0.25, -0.2) is 4.98 Å². The molecule has 0 aliphatic rings. The van der Waals surface area contributed by atoms with Crippen LogP contribution in [0.3, 0.4) is 0 Å². The number of hydrogen-bond acceptors (Lipinski definition) is 5. The zero-order valence-electron chi connectivity index (χ0n) is 12.1. The molecule has 0 bridgehead atoms. The molecule has 0 fully saturated rings. The summed E-state index contributed by atoms with van der Waals surface area (Å²) in [5, 5.41) is 14.0. The van der Waals surface area contributed by atoms with E-state index >= 15 is 0 Å². The maximum Gasteiger partial charge on any atom is 0.312 e. The zero-order chi connectivity index (χ0) is 15.9. The monoisotopic (exact) mass is 365 g/mol. The first kappa shape index (κ1) is 16.2. The van der Waals surface area contributed by atoms with Gasteiger partial charge in [0.15, 0.2) is 0 Å². The van der Waals surface area contributed by atoms with E-state index < -0.39 is 4.92 Å². The number of nitrogens with one attached hydrogen (secondary N) is 1. The molecular weight excluding hydrogens is 350 g/mol. The topological polar surface area (TPSA) is 77.3 Å². The Hall–Kier alpha value is -2.15. The molecule has 1 aromatic carbocycles. The molecule has 0 radical (unpaired) electrons. The number of unbranched alkanes of at least 4 members (excludes halogenated alkanes) is 1. The van der Waals surface area contributed by atoms with Gasteiger partial charge in [0, 0.05) is 22.4 Å². The molecule has 7 heteroatoms. The molecule has 0 unspecified atom stereocenters. The van der Waals surface area contributed by atoms with Crippen molar-refractivity contribution in [3.63, 3.8) is 0 Å². The number of aromatic nitrogens is 1. The molecular formula is C15H16BrN3O3.